The van der Waals surface area contributed by atoms with Crippen molar-refractivity contribution in [1.82, 2.24) is 30.2 Å². The molecule has 2 aromatic heterocycles. The molecule has 0 saturated carbocycles. The van der Waals surface area contributed by atoms with Crippen molar-refractivity contribution in [2.24, 2.45) is 7.05 Å². The van der Waals surface area contributed by atoms with E-state index in [1.807, 2.05) is 0 Å². The maximum atomic E-state index is 11.5. The number of aromatic nitrogens is 6. The van der Waals surface area contributed by atoms with Gasteiger partial charge in [0.05, 0.1) is 18.3 Å². The fourth-order valence-corrected chi connectivity index (χ4v) is 1.06. The van der Waals surface area contributed by atoms with Crippen LogP contribution in [-0.4, -0.2) is 36.0 Å². The minimum atomic E-state index is -0.150. The van der Waals surface area contributed by atoms with Crippen LogP contribution in [0.4, 0.5) is 0 Å². The molecule has 7 heteroatoms. The minimum absolute atomic E-state index is 0.150. The maximum absolute atomic E-state index is 11.5. The monoisotopic (exact) mass is 192 g/mol. The topological polar surface area (TPSA) is 89.4 Å². The van der Waals surface area contributed by atoms with E-state index in [9.17, 15) is 4.79 Å². The van der Waals surface area contributed by atoms with Crippen molar-refractivity contribution in [3.8, 4) is 0 Å². The molecule has 0 saturated heterocycles. The number of hydrogen-bond acceptors (Lipinski definition) is 5. The zero-order valence-corrected chi connectivity index (χ0v) is 7.51. The van der Waals surface area contributed by atoms with Crippen molar-refractivity contribution >= 4 is 5.78 Å². The summed E-state index contributed by atoms with van der Waals surface area (Å²) in [6, 6.07) is 0. The van der Waals surface area contributed by atoms with Gasteiger partial charge in [-0.05, 0) is 0 Å². The number of Topliss-reactive ketones (excluding diaryl/α,β-unsaturated/α-hetero) is 1. The van der Waals surface area contributed by atoms with Crippen LogP contribution >= 0.6 is 0 Å². The van der Waals surface area contributed by atoms with E-state index in [2.05, 4.69) is 25.4 Å². The Kier molecular flexibility index (Phi) is 2.05. The first kappa shape index (κ1) is 8.54. The molecule has 0 amide bonds. The molecule has 0 fully saturated rings. The fourth-order valence-electron chi connectivity index (χ4n) is 1.06. The van der Waals surface area contributed by atoms with Gasteiger partial charge in [0.25, 0.3) is 0 Å². The number of carbonyl (C=O) groups is 1. The fraction of sp³-hybridized carbons (Fsp3) is 0.286. The summed E-state index contributed by atoms with van der Waals surface area (Å²) < 4.78 is 0. The molecule has 1 N–H and O–H groups in total. The predicted octanol–water partition coefficient (Wildman–Crippen LogP) is -0.641. The van der Waals surface area contributed by atoms with E-state index < -0.39 is 0 Å². The number of carbonyl (C=O) groups excluding carboxylic acids is 1. The average Bonchev–Trinajstić information content (AvgIpc) is 2.75. The Labute approximate surface area is 79.2 Å². The zero-order valence-electron chi connectivity index (χ0n) is 7.51. The summed E-state index contributed by atoms with van der Waals surface area (Å²) in [5.74, 6) is 0.0960. The highest BCUT2D eigenvalue weighted by molar-refractivity contribution is 5.93. The lowest BCUT2D eigenvalue weighted by atomic mass is 10.2. The first-order valence-electron chi connectivity index (χ1n) is 3.99. The second-order valence-corrected chi connectivity index (χ2v) is 2.76. The molecule has 0 bridgehead atoms. The average molecular weight is 192 g/mol. The van der Waals surface area contributed by atoms with Crippen molar-refractivity contribution in [2.45, 2.75) is 6.42 Å². The molecule has 0 aliphatic heterocycles. The quantitative estimate of drug-likeness (QED) is 0.653. The smallest absolute Gasteiger partial charge is 0.205 e. The number of aryl methyl sites for hydroxylation is 1. The molecule has 0 radical (unpaired) electrons. The van der Waals surface area contributed by atoms with Crippen molar-refractivity contribution in [2.75, 3.05) is 0 Å². The lowest BCUT2D eigenvalue weighted by Crippen LogP contribution is -2.06. The third kappa shape index (κ3) is 1.65. The van der Waals surface area contributed by atoms with Crippen LogP contribution in [-0.2, 0) is 13.5 Å². The van der Waals surface area contributed by atoms with E-state index in [1.54, 1.807) is 13.2 Å². The van der Waals surface area contributed by atoms with Crippen LogP contribution in [0.15, 0.2) is 12.5 Å². The summed E-state index contributed by atoms with van der Waals surface area (Å²) in [5.41, 5.74) is 0.619. The molecule has 0 aromatic carbocycles. The first-order chi connectivity index (χ1) is 6.75. The largest absolute Gasteiger partial charge is 0.290 e. The van der Waals surface area contributed by atoms with Crippen molar-refractivity contribution in [3.63, 3.8) is 0 Å². The third-order valence-electron chi connectivity index (χ3n) is 1.67. The van der Waals surface area contributed by atoms with E-state index in [1.165, 1.54) is 11.1 Å². The molecule has 0 unspecified atom stereocenters. The molecule has 2 rings (SSSR count). The Morgan fingerprint density at radius 2 is 2.50 bits per heavy atom. The van der Waals surface area contributed by atoms with Gasteiger partial charge >= 0.3 is 0 Å². The van der Waals surface area contributed by atoms with Gasteiger partial charge in [-0.1, -0.05) is 0 Å². The minimum Gasteiger partial charge on any atom is -0.290 e. The van der Waals surface area contributed by atoms with Gasteiger partial charge in [-0.15, -0.1) is 0 Å². The van der Waals surface area contributed by atoms with E-state index in [4.69, 9.17) is 0 Å². The van der Waals surface area contributed by atoms with Gasteiger partial charge in [0.2, 0.25) is 5.78 Å². The van der Waals surface area contributed by atoms with Crippen LogP contribution in [0, 0.1) is 0 Å². The number of nitrogens with zero attached hydrogens (tertiary/aromatic N) is 5. The molecular formula is C7H8N6O. The van der Waals surface area contributed by atoms with Crippen LogP contribution in [0.5, 0.6) is 0 Å². The van der Waals surface area contributed by atoms with Gasteiger partial charge in [-0.25, -0.2) is 4.98 Å². The lowest BCUT2D eigenvalue weighted by Gasteiger charge is -1.91. The summed E-state index contributed by atoms with van der Waals surface area (Å²) in [4.78, 5) is 16.6. The Bertz CT molecular complexity index is 431. The highest BCUT2D eigenvalue weighted by Crippen LogP contribution is 1.98. The van der Waals surface area contributed by atoms with Crippen LogP contribution in [0.3, 0.4) is 0 Å². The zero-order chi connectivity index (χ0) is 9.97. The second-order valence-electron chi connectivity index (χ2n) is 2.76. The normalized spacial score (nSPS) is 10.4. The molecule has 0 aliphatic rings. The molecule has 0 spiro atoms. The van der Waals surface area contributed by atoms with Gasteiger partial charge in [-0.2, -0.15) is 20.1 Å². The number of rotatable bonds is 3. The lowest BCUT2D eigenvalue weighted by molar-refractivity contribution is 0.0982. The van der Waals surface area contributed by atoms with Crippen LogP contribution in [0.2, 0.25) is 0 Å². The SMILES string of the molecule is Cn1ncc(CC(=O)c2ncn[nH]2)n1. The molecular weight excluding hydrogens is 184 g/mol. The van der Waals surface area contributed by atoms with E-state index in [-0.39, 0.29) is 18.0 Å². The summed E-state index contributed by atoms with van der Waals surface area (Å²) in [5, 5.41) is 13.9. The van der Waals surface area contributed by atoms with E-state index in [0.717, 1.165) is 0 Å². The Hall–Kier alpha value is -2.05. The Morgan fingerprint density at radius 3 is 3.07 bits per heavy atom. The molecule has 72 valence electrons. The van der Waals surface area contributed by atoms with Gasteiger partial charge in [-0.3, -0.25) is 9.89 Å². The molecule has 7 nitrogen and oxygen atoms in total. The van der Waals surface area contributed by atoms with Gasteiger partial charge in [0, 0.05) is 7.05 Å². The standard InChI is InChI=1S/C7H8N6O/c1-13-10-3-5(12-13)2-6(14)7-8-4-9-11-7/h3-4H,2H2,1H3,(H,8,9,11). The number of ketones is 1. The van der Waals surface area contributed by atoms with E-state index in [0.29, 0.717) is 5.69 Å². The summed E-state index contributed by atoms with van der Waals surface area (Å²) in [7, 11) is 1.70. The maximum Gasteiger partial charge on any atom is 0.205 e. The third-order valence-corrected chi connectivity index (χ3v) is 1.67. The highest BCUT2D eigenvalue weighted by Gasteiger charge is 2.11. The molecule has 0 atom stereocenters. The predicted molar refractivity (Wildman–Crippen MR) is 45.4 cm³/mol. The van der Waals surface area contributed by atoms with Gasteiger partial charge in [0.15, 0.2) is 5.82 Å². The van der Waals surface area contributed by atoms with E-state index >= 15 is 0 Å². The molecule has 0 aliphatic carbocycles. The van der Waals surface area contributed by atoms with Crippen LogP contribution < -0.4 is 0 Å². The van der Waals surface area contributed by atoms with Crippen molar-refractivity contribution in [3.05, 3.63) is 24.0 Å². The molecule has 2 heterocycles. The number of H-pyrrole nitrogens is 1. The Balaban J connectivity index is 2.09. The highest BCUT2D eigenvalue weighted by atomic mass is 16.1. The molecule has 14 heavy (non-hydrogen) atoms. The summed E-state index contributed by atoms with van der Waals surface area (Å²) >= 11 is 0. The van der Waals surface area contributed by atoms with Crippen LogP contribution in [0.1, 0.15) is 16.3 Å². The molecule has 2 aromatic rings. The van der Waals surface area contributed by atoms with Crippen molar-refractivity contribution < 1.29 is 4.79 Å². The summed E-state index contributed by atoms with van der Waals surface area (Å²) in [6.45, 7) is 0. The number of hydrogen-bond donors (Lipinski definition) is 1. The number of nitrogens with one attached hydrogen (secondary N) is 1. The van der Waals surface area contributed by atoms with Gasteiger partial charge in [0.1, 0.15) is 6.33 Å². The second kappa shape index (κ2) is 3.36. The summed E-state index contributed by atoms with van der Waals surface area (Å²) in [6.07, 6.45) is 3.03. The van der Waals surface area contributed by atoms with Crippen molar-refractivity contribution in [1.29, 1.82) is 0 Å². The van der Waals surface area contributed by atoms with Gasteiger partial charge < -0.3 is 0 Å². The Morgan fingerprint density at radius 1 is 1.64 bits per heavy atom. The number of aromatic amines is 1. The van der Waals surface area contributed by atoms with Crippen LogP contribution in [0.25, 0.3) is 0 Å². The first-order valence-corrected chi connectivity index (χ1v) is 3.99.